The maximum atomic E-state index is 12.6. The number of fused-ring (bicyclic) bond motifs is 1. The third kappa shape index (κ3) is 5.17. The lowest BCUT2D eigenvalue weighted by Crippen LogP contribution is -2.41. The highest BCUT2D eigenvalue weighted by molar-refractivity contribution is 7.99. The van der Waals surface area contributed by atoms with E-state index in [-0.39, 0.29) is 17.9 Å². The zero-order chi connectivity index (χ0) is 18.9. The summed E-state index contributed by atoms with van der Waals surface area (Å²) in [6, 6.07) is 6.41. The standard InChI is InChI=1S/C17H20N4O4S/c1-3-9-21-15(23)12-6-4-5-7-13(12)19-17(21)26-11-14(22)20-16(24)18-8-10-25-2/h3-7H,1,8-11H2,2H3,(H2,18,20,22,24). The van der Waals surface area contributed by atoms with E-state index in [2.05, 4.69) is 22.2 Å². The minimum atomic E-state index is -0.595. The van der Waals surface area contributed by atoms with Crippen LogP contribution in [0.2, 0.25) is 0 Å². The lowest BCUT2D eigenvalue weighted by molar-refractivity contribution is -0.117. The number of para-hydroxylation sites is 1. The normalized spacial score (nSPS) is 10.5. The monoisotopic (exact) mass is 376 g/mol. The average Bonchev–Trinajstić information content (AvgIpc) is 2.63. The van der Waals surface area contributed by atoms with Crippen LogP contribution in [0.15, 0.2) is 46.9 Å². The van der Waals surface area contributed by atoms with Gasteiger partial charge in [0, 0.05) is 20.2 Å². The summed E-state index contributed by atoms with van der Waals surface area (Å²) in [7, 11) is 1.51. The van der Waals surface area contributed by atoms with Gasteiger partial charge in [-0.2, -0.15) is 0 Å². The molecule has 0 radical (unpaired) electrons. The summed E-state index contributed by atoms with van der Waals surface area (Å²) in [6.45, 7) is 4.58. The molecule has 9 heteroatoms. The van der Waals surface area contributed by atoms with Crippen molar-refractivity contribution in [1.82, 2.24) is 20.2 Å². The van der Waals surface area contributed by atoms with Gasteiger partial charge in [-0.25, -0.2) is 9.78 Å². The number of carbonyl (C=O) groups excluding carboxylic acids is 2. The number of benzene rings is 1. The zero-order valence-corrected chi connectivity index (χ0v) is 15.2. The minimum Gasteiger partial charge on any atom is -0.383 e. The molecule has 2 rings (SSSR count). The highest BCUT2D eigenvalue weighted by Crippen LogP contribution is 2.17. The predicted octanol–water partition coefficient (Wildman–Crippen LogP) is 1.15. The van der Waals surface area contributed by atoms with Crippen LogP contribution in [-0.2, 0) is 16.1 Å². The van der Waals surface area contributed by atoms with Crippen molar-refractivity contribution in [1.29, 1.82) is 0 Å². The van der Waals surface area contributed by atoms with E-state index in [4.69, 9.17) is 4.74 Å². The Morgan fingerprint density at radius 2 is 2.15 bits per heavy atom. The molecule has 0 bridgehead atoms. The van der Waals surface area contributed by atoms with Crippen molar-refractivity contribution in [3.8, 4) is 0 Å². The molecule has 3 amide bonds. The number of thioether (sulfide) groups is 1. The molecule has 8 nitrogen and oxygen atoms in total. The maximum Gasteiger partial charge on any atom is 0.321 e. The van der Waals surface area contributed by atoms with Gasteiger partial charge in [0.15, 0.2) is 5.16 Å². The summed E-state index contributed by atoms with van der Waals surface area (Å²) in [6.07, 6.45) is 1.59. The molecule has 0 aliphatic heterocycles. The largest absolute Gasteiger partial charge is 0.383 e. The van der Waals surface area contributed by atoms with E-state index < -0.39 is 11.9 Å². The second kappa shape index (κ2) is 9.73. The number of methoxy groups -OCH3 is 1. The minimum absolute atomic E-state index is 0.0559. The van der Waals surface area contributed by atoms with Crippen LogP contribution in [0.25, 0.3) is 10.9 Å². The predicted molar refractivity (Wildman–Crippen MR) is 100 cm³/mol. The number of rotatable bonds is 8. The summed E-state index contributed by atoms with van der Waals surface area (Å²) in [5, 5.41) is 5.59. The van der Waals surface area contributed by atoms with E-state index in [0.717, 1.165) is 11.8 Å². The number of aromatic nitrogens is 2. The second-order valence-corrected chi connectivity index (χ2v) is 6.14. The molecule has 2 N–H and O–H groups in total. The molecule has 138 valence electrons. The van der Waals surface area contributed by atoms with Crippen LogP contribution in [0.5, 0.6) is 0 Å². The smallest absolute Gasteiger partial charge is 0.321 e. The molecule has 0 unspecified atom stereocenters. The molecular formula is C17H20N4O4S. The SMILES string of the molecule is C=CCn1c(SCC(=O)NC(=O)NCCOC)nc2ccccc2c1=O. The molecule has 2 aromatic rings. The van der Waals surface area contributed by atoms with Gasteiger partial charge in [-0.3, -0.25) is 19.5 Å². The van der Waals surface area contributed by atoms with Crippen molar-refractivity contribution >= 4 is 34.6 Å². The number of hydrogen-bond donors (Lipinski definition) is 2. The van der Waals surface area contributed by atoms with Crippen LogP contribution < -0.4 is 16.2 Å². The van der Waals surface area contributed by atoms with Crippen LogP contribution >= 0.6 is 11.8 Å². The van der Waals surface area contributed by atoms with E-state index in [1.165, 1.54) is 11.7 Å². The zero-order valence-electron chi connectivity index (χ0n) is 14.4. The van der Waals surface area contributed by atoms with E-state index in [1.54, 1.807) is 30.3 Å². The molecule has 0 spiro atoms. The van der Waals surface area contributed by atoms with Gasteiger partial charge < -0.3 is 10.1 Å². The molecule has 1 heterocycles. The Bertz CT molecular complexity index is 865. The fourth-order valence-electron chi connectivity index (χ4n) is 2.15. The van der Waals surface area contributed by atoms with Gasteiger partial charge in [0.2, 0.25) is 5.91 Å². The Morgan fingerprint density at radius 1 is 1.38 bits per heavy atom. The van der Waals surface area contributed by atoms with E-state index in [9.17, 15) is 14.4 Å². The molecule has 0 saturated carbocycles. The van der Waals surface area contributed by atoms with Crippen molar-refractivity contribution in [3.05, 3.63) is 47.3 Å². The number of ether oxygens (including phenoxy) is 1. The maximum absolute atomic E-state index is 12.6. The molecule has 0 atom stereocenters. The molecule has 26 heavy (non-hydrogen) atoms. The van der Waals surface area contributed by atoms with Crippen LogP contribution in [-0.4, -0.2) is 47.5 Å². The first kappa shape index (κ1) is 19.7. The molecule has 0 fully saturated rings. The first-order valence-electron chi connectivity index (χ1n) is 7.86. The van der Waals surface area contributed by atoms with Crippen molar-refractivity contribution in [2.45, 2.75) is 11.7 Å². The molecule has 1 aromatic heterocycles. The Balaban J connectivity index is 2.08. The van der Waals surface area contributed by atoms with Gasteiger partial charge >= 0.3 is 6.03 Å². The number of urea groups is 1. The first-order valence-corrected chi connectivity index (χ1v) is 8.85. The summed E-state index contributed by atoms with van der Waals surface area (Å²) in [5.74, 6) is -0.544. The quantitative estimate of drug-likeness (QED) is 0.310. The van der Waals surface area contributed by atoms with Gasteiger partial charge in [0.1, 0.15) is 0 Å². The first-order chi connectivity index (χ1) is 12.6. The van der Waals surface area contributed by atoms with Crippen LogP contribution in [0.1, 0.15) is 0 Å². The van der Waals surface area contributed by atoms with E-state index in [1.807, 2.05) is 0 Å². The fourth-order valence-corrected chi connectivity index (χ4v) is 2.96. The lowest BCUT2D eigenvalue weighted by Gasteiger charge is -2.11. The molecular weight excluding hydrogens is 356 g/mol. The Labute approximate surface area is 154 Å². The summed E-state index contributed by atoms with van der Waals surface area (Å²) in [4.78, 5) is 40.5. The summed E-state index contributed by atoms with van der Waals surface area (Å²) in [5.41, 5.74) is 0.355. The van der Waals surface area contributed by atoms with Gasteiger partial charge in [0.05, 0.1) is 23.3 Å². The number of imide groups is 1. The van der Waals surface area contributed by atoms with Crippen LogP contribution in [0, 0.1) is 0 Å². The highest BCUT2D eigenvalue weighted by Gasteiger charge is 2.13. The van der Waals surface area contributed by atoms with Crippen molar-refractivity contribution in [2.24, 2.45) is 0 Å². The van der Waals surface area contributed by atoms with Crippen molar-refractivity contribution in [2.75, 3.05) is 26.0 Å². The lowest BCUT2D eigenvalue weighted by atomic mass is 10.2. The Kier molecular flexibility index (Phi) is 7.37. The molecule has 1 aromatic carbocycles. The average molecular weight is 376 g/mol. The van der Waals surface area contributed by atoms with Crippen molar-refractivity contribution < 1.29 is 14.3 Å². The number of hydrogen-bond acceptors (Lipinski definition) is 6. The molecule has 0 aliphatic rings. The van der Waals surface area contributed by atoms with Crippen molar-refractivity contribution in [3.63, 3.8) is 0 Å². The third-order valence-electron chi connectivity index (χ3n) is 3.32. The Hall–Kier alpha value is -2.65. The van der Waals surface area contributed by atoms with E-state index in [0.29, 0.717) is 29.2 Å². The van der Waals surface area contributed by atoms with E-state index >= 15 is 0 Å². The Morgan fingerprint density at radius 3 is 2.88 bits per heavy atom. The van der Waals surface area contributed by atoms with Gasteiger partial charge in [-0.1, -0.05) is 30.0 Å². The number of amides is 3. The summed E-state index contributed by atoms with van der Waals surface area (Å²) < 4.78 is 6.26. The fraction of sp³-hybridized carbons (Fsp3) is 0.294. The topological polar surface area (TPSA) is 102 Å². The second-order valence-electron chi connectivity index (χ2n) is 5.20. The number of carbonyl (C=O) groups is 2. The van der Waals surface area contributed by atoms with Gasteiger partial charge in [-0.05, 0) is 12.1 Å². The number of allylic oxidation sites excluding steroid dienone is 1. The summed E-state index contributed by atoms with van der Waals surface area (Å²) >= 11 is 1.08. The molecule has 0 aliphatic carbocycles. The third-order valence-corrected chi connectivity index (χ3v) is 4.29. The van der Waals surface area contributed by atoms with Crippen LogP contribution in [0.3, 0.4) is 0 Å². The van der Waals surface area contributed by atoms with Gasteiger partial charge in [0.25, 0.3) is 5.56 Å². The number of nitrogens with zero attached hydrogens (tertiary/aromatic N) is 2. The van der Waals surface area contributed by atoms with Gasteiger partial charge in [-0.15, -0.1) is 6.58 Å². The molecule has 0 saturated heterocycles. The number of nitrogens with one attached hydrogen (secondary N) is 2. The van der Waals surface area contributed by atoms with Crippen LogP contribution in [0.4, 0.5) is 4.79 Å². The highest BCUT2D eigenvalue weighted by atomic mass is 32.2.